The van der Waals surface area contributed by atoms with E-state index >= 15 is 0 Å². The van der Waals surface area contributed by atoms with Gasteiger partial charge in [0.15, 0.2) is 0 Å². The van der Waals surface area contributed by atoms with Gasteiger partial charge in [0.05, 0.1) is 5.56 Å². The average Bonchev–Trinajstić information content (AvgIpc) is 2.94. The summed E-state index contributed by atoms with van der Waals surface area (Å²) in [5, 5.41) is 0. The maximum Gasteiger partial charge on any atom is 0.416 e. The number of aryl methyl sites for hydroxylation is 1. The number of nitrogens with zero attached hydrogens (tertiary/aromatic N) is 3. The molecule has 2 aromatic rings. The number of alkyl halides is 3. The Morgan fingerprint density at radius 1 is 1.07 bits per heavy atom. The van der Waals surface area contributed by atoms with E-state index in [-0.39, 0.29) is 0 Å². The van der Waals surface area contributed by atoms with E-state index in [1.54, 1.807) is 0 Å². The molecule has 0 amide bonds. The van der Waals surface area contributed by atoms with Gasteiger partial charge >= 0.3 is 102 Å². The Morgan fingerprint density at radius 3 is 2.14 bits per heavy atom. The van der Waals surface area contributed by atoms with Crippen molar-refractivity contribution in [3.8, 4) is 0 Å². The number of hydrogen-bond donors (Lipinski definition) is 0. The summed E-state index contributed by atoms with van der Waals surface area (Å²) >= 11 is 6.54. The summed E-state index contributed by atoms with van der Waals surface area (Å²) in [6.45, 7) is 1.85. The van der Waals surface area contributed by atoms with E-state index in [1.807, 2.05) is 1.33 Å². The first-order valence-electron chi connectivity index (χ1n) is 9.09. The van der Waals surface area contributed by atoms with Crippen LogP contribution >= 0.6 is 45.7 Å². The van der Waals surface area contributed by atoms with Gasteiger partial charge in [-0.1, -0.05) is 12.1 Å². The van der Waals surface area contributed by atoms with Crippen molar-refractivity contribution >= 4 is 45.7 Å². The van der Waals surface area contributed by atoms with Crippen LogP contribution in [0.3, 0.4) is 0 Å². The van der Waals surface area contributed by atoms with Crippen LogP contribution in [-0.2, 0) is 45.7 Å². The van der Waals surface area contributed by atoms with Crippen LogP contribution in [0, 0.1) is 9.72 Å². The van der Waals surface area contributed by atoms with Gasteiger partial charge in [-0.25, -0.2) is 0 Å². The number of rotatable bonds is 4. The molecule has 1 aromatic heterocycles. The van der Waals surface area contributed by atoms with Crippen molar-refractivity contribution in [2.24, 2.45) is 13.0 Å². The predicted octanol–water partition coefficient (Wildman–Crippen LogP) is 6.69. The van der Waals surface area contributed by atoms with Gasteiger partial charge in [-0.05, 0) is 17.7 Å². The normalized spacial score (nSPS) is 15.5. The van der Waals surface area contributed by atoms with E-state index in [0.717, 1.165) is 23.6 Å². The predicted molar refractivity (Wildman–Crippen MR) is 118 cm³/mol. The van der Waals surface area contributed by atoms with Gasteiger partial charge in [0.1, 0.15) is 0 Å². The zero-order valence-electron chi connectivity index (χ0n) is 15.5. The smallest absolute Gasteiger partial charge is 0.184 e. The molecular weight excluding hydrogens is 776 g/mol. The van der Waals surface area contributed by atoms with Gasteiger partial charge in [0.2, 0.25) is 0 Å². The monoisotopic (exact) mass is 800 g/mol. The van der Waals surface area contributed by atoms with Crippen LogP contribution in [0.5, 0.6) is 0 Å². The molecule has 3 nitrogen and oxygen atoms in total. The minimum Gasteiger partial charge on any atom is -0.184 e. The first-order chi connectivity index (χ1) is 13.2. The van der Waals surface area contributed by atoms with E-state index in [9.17, 15) is 13.2 Å². The molecule has 0 N–H and O–H groups in total. The number of aromatic nitrogens is 2. The summed E-state index contributed by atoms with van der Waals surface area (Å²) in [4.78, 5) is 0. The zero-order chi connectivity index (χ0) is 20.7. The largest absolute Gasteiger partial charge is 0.416 e. The molecule has 3 rings (SSSR count). The van der Waals surface area contributed by atoms with E-state index in [0.29, 0.717) is 6.54 Å². The molecule has 1 saturated carbocycles. The van der Waals surface area contributed by atoms with Gasteiger partial charge in [0.25, 0.3) is 0 Å². The number of hydrogen-bond acceptors (Lipinski definition) is 1. The molecule has 1 aliphatic carbocycles. The summed E-state index contributed by atoms with van der Waals surface area (Å²) in [5.41, 5.74) is 0.261. The Balaban J connectivity index is 0.000000200. The van der Waals surface area contributed by atoms with Crippen LogP contribution in [0.15, 0.2) is 36.7 Å². The van der Waals surface area contributed by atoms with Gasteiger partial charge in [-0.15, -0.1) is 0 Å². The molecule has 0 aliphatic heterocycles. The van der Waals surface area contributed by atoms with Gasteiger partial charge in [0, 0.05) is 52.3 Å². The third-order valence-corrected chi connectivity index (χ3v) is 6.86. The standard InChI is InChI=1S/C11H18N2.C8H6F3I2N.Pt/c1-12-7-8-13(10-12)9-11-5-3-2-4-6-11;9-8(10,11)7-3-1-6(2-4-7)5-14(12)13;/h7-8,11H,2-6,9H2,1H3;1-4H,5H2;. The van der Waals surface area contributed by atoms with Crippen LogP contribution in [0.4, 0.5) is 13.2 Å². The van der Waals surface area contributed by atoms with Gasteiger partial charge in [-0.2, -0.15) is 14.5 Å². The molecule has 1 aromatic carbocycles. The molecule has 0 bridgehead atoms. The molecule has 9 heteroatoms. The van der Waals surface area contributed by atoms with Crippen molar-refractivity contribution < 1.29 is 32.5 Å². The Hall–Kier alpha value is 0.328. The summed E-state index contributed by atoms with van der Waals surface area (Å²) in [7, 11) is 2.11. The van der Waals surface area contributed by atoms with Crippen molar-refractivity contribution in [3.63, 3.8) is 0 Å². The first-order valence-corrected chi connectivity index (χ1v) is 12.2. The third kappa shape index (κ3) is 8.22. The quantitative estimate of drug-likeness (QED) is 0.248. The molecule has 0 spiro atoms. The van der Waals surface area contributed by atoms with Gasteiger partial charge in [-0.3, -0.25) is 0 Å². The second kappa shape index (κ2) is 11.6. The van der Waals surface area contributed by atoms with Crippen LogP contribution in [-0.4, -0.2) is 10.5 Å². The maximum atomic E-state index is 12.2. The molecule has 1 aliphatic rings. The van der Waals surface area contributed by atoms with E-state index in [1.165, 1.54) is 54.6 Å². The van der Waals surface area contributed by atoms with Crippen LogP contribution in [0.1, 0.15) is 43.2 Å². The molecule has 160 valence electrons. The fraction of sp³-hybridized carbons (Fsp3) is 0.526. The van der Waals surface area contributed by atoms with Crippen molar-refractivity contribution in [2.45, 2.75) is 51.4 Å². The van der Waals surface area contributed by atoms with Crippen LogP contribution in [0.25, 0.3) is 0 Å². The number of benzene rings is 1. The molecule has 0 unspecified atom stereocenters. The van der Waals surface area contributed by atoms with E-state index < -0.39 is 11.7 Å². The SMILES string of the molecule is Cn1ccn(CC2CCCCC2)[c]1=[Pt].FC(F)(F)c1ccc(CN(I)I)cc1. The fourth-order valence-electron chi connectivity index (χ4n) is 3.21. The summed E-state index contributed by atoms with van der Waals surface area (Å²) < 4.78 is 44.3. The summed E-state index contributed by atoms with van der Waals surface area (Å²) in [6.07, 6.45) is 7.29. The van der Waals surface area contributed by atoms with Crippen molar-refractivity contribution in [1.29, 1.82) is 0 Å². The maximum absolute atomic E-state index is 12.2. The van der Waals surface area contributed by atoms with Crippen LogP contribution < -0.4 is 0 Å². The molecule has 1 heterocycles. The molecular formula is C19H24F3I2N3Pt. The number of halogens is 5. The summed E-state index contributed by atoms with van der Waals surface area (Å²) in [6, 6.07) is 5.19. The Morgan fingerprint density at radius 2 is 1.68 bits per heavy atom. The minimum absolute atomic E-state index is 0.602. The van der Waals surface area contributed by atoms with Gasteiger partial charge < -0.3 is 0 Å². The topological polar surface area (TPSA) is 13.1 Å². The summed E-state index contributed by atoms with van der Waals surface area (Å²) in [5.74, 6) is 0.921. The zero-order valence-corrected chi connectivity index (χ0v) is 22.1. The van der Waals surface area contributed by atoms with Crippen molar-refractivity contribution in [1.82, 2.24) is 10.5 Å². The van der Waals surface area contributed by atoms with Crippen LogP contribution in [0.2, 0.25) is 0 Å². The Kier molecular flexibility index (Phi) is 10.2. The first kappa shape index (κ1) is 24.6. The van der Waals surface area contributed by atoms with Crippen molar-refractivity contribution in [2.75, 3.05) is 0 Å². The third-order valence-electron chi connectivity index (χ3n) is 4.72. The molecule has 0 radical (unpaired) electrons. The van der Waals surface area contributed by atoms with Crippen molar-refractivity contribution in [3.05, 3.63) is 51.6 Å². The Labute approximate surface area is 203 Å². The Bertz CT molecular complexity index is 779. The second-order valence-electron chi connectivity index (χ2n) is 6.96. The fourth-order valence-corrected chi connectivity index (χ4v) is 4.55. The minimum atomic E-state index is -4.24. The number of imidazole rings is 1. The molecule has 0 saturated heterocycles. The van der Waals surface area contributed by atoms with E-state index in [2.05, 4.69) is 93.7 Å². The molecule has 28 heavy (non-hydrogen) atoms. The molecule has 0 atom stereocenters. The van der Waals surface area contributed by atoms with E-state index in [4.69, 9.17) is 0 Å². The second-order valence-corrected chi connectivity index (χ2v) is 12.2. The molecule has 1 fully saturated rings. The average molecular weight is 800 g/mol.